The Morgan fingerprint density at radius 3 is 3.00 bits per heavy atom. The number of carbonyl (C=O) groups excluding carboxylic acids is 1. The van der Waals surface area contributed by atoms with Crippen LogP contribution in [-0.4, -0.2) is 33.7 Å². The van der Waals surface area contributed by atoms with Gasteiger partial charge in [0.05, 0.1) is 23.9 Å². The maximum absolute atomic E-state index is 12.4. The van der Waals surface area contributed by atoms with Gasteiger partial charge in [-0.15, -0.1) is 5.10 Å². The summed E-state index contributed by atoms with van der Waals surface area (Å²) in [5.41, 5.74) is 0.861. The lowest BCUT2D eigenvalue weighted by atomic mass is 9.82. The van der Waals surface area contributed by atoms with Crippen LogP contribution >= 0.6 is 11.5 Å². The van der Waals surface area contributed by atoms with Gasteiger partial charge in [0.1, 0.15) is 4.88 Å². The second-order valence-electron chi connectivity index (χ2n) is 6.23. The first-order valence-electron chi connectivity index (χ1n) is 7.98. The Morgan fingerprint density at radius 1 is 1.43 bits per heavy atom. The van der Waals surface area contributed by atoms with Gasteiger partial charge in [0, 0.05) is 0 Å². The summed E-state index contributed by atoms with van der Waals surface area (Å²) in [5, 5.41) is 7.18. The number of nitrogens with one attached hydrogen (secondary N) is 1. The van der Waals surface area contributed by atoms with Crippen molar-refractivity contribution in [1.82, 2.24) is 14.9 Å². The van der Waals surface area contributed by atoms with Crippen molar-refractivity contribution in [2.75, 3.05) is 6.61 Å². The predicted molar refractivity (Wildman–Crippen MR) is 81.5 cm³/mol. The minimum absolute atomic E-state index is 0.0325. The quantitative estimate of drug-likeness (QED) is 0.929. The molecule has 1 spiro atoms. The third-order valence-corrected chi connectivity index (χ3v) is 5.32. The molecule has 21 heavy (non-hydrogen) atoms. The molecule has 1 amide bonds. The third kappa shape index (κ3) is 3.26. The summed E-state index contributed by atoms with van der Waals surface area (Å²) in [6.07, 6.45) is 8.83. The van der Waals surface area contributed by atoms with E-state index in [-0.39, 0.29) is 17.6 Å². The minimum atomic E-state index is -0.0325. The van der Waals surface area contributed by atoms with E-state index in [1.165, 1.54) is 30.8 Å². The molecule has 1 aliphatic carbocycles. The van der Waals surface area contributed by atoms with E-state index in [9.17, 15) is 4.79 Å². The Hall–Kier alpha value is -1.01. The largest absolute Gasteiger partial charge is 0.373 e. The molecule has 1 saturated heterocycles. The standard InChI is InChI=1S/C15H23N3O2S/c1-2-6-12-13(21-18-17-12)14(19)16-11-9-15(20-10-11)7-4-3-5-8-15/h11H,2-10H2,1H3,(H,16,19)/t11-/m0/s1. The van der Waals surface area contributed by atoms with Crippen LogP contribution in [0.1, 0.15) is 67.2 Å². The van der Waals surface area contributed by atoms with Crippen LogP contribution in [0.2, 0.25) is 0 Å². The van der Waals surface area contributed by atoms with Crippen LogP contribution in [0.3, 0.4) is 0 Å². The highest BCUT2D eigenvalue weighted by Crippen LogP contribution is 2.39. The monoisotopic (exact) mass is 309 g/mol. The van der Waals surface area contributed by atoms with Gasteiger partial charge < -0.3 is 10.1 Å². The summed E-state index contributed by atoms with van der Waals surface area (Å²) in [7, 11) is 0. The lowest BCUT2D eigenvalue weighted by molar-refractivity contribution is -0.0246. The van der Waals surface area contributed by atoms with E-state index < -0.39 is 0 Å². The number of rotatable bonds is 4. The molecule has 0 aromatic carbocycles. The zero-order chi connectivity index (χ0) is 14.7. The van der Waals surface area contributed by atoms with Crippen molar-refractivity contribution in [2.45, 2.75) is 69.9 Å². The molecule has 2 heterocycles. The molecule has 6 heteroatoms. The van der Waals surface area contributed by atoms with E-state index in [2.05, 4.69) is 21.8 Å². The van der Waals surface area contributed by atoms with Crippen LogP contribution < -0.4 is 5.32 Å². The number of aryl methyl sites for hydroxylation is 1. The van der Waals surface area contributed by atoms with Gasteiger partial charge in [0.2, 0.25) is 0 Å². The number of hydrogen-bond donors (Lipinski definition) is 1. The number of hydrogen-bond acceptors (Lipinski definition) is 5. The molecule has 116 valence electrons. The molecule has 2 aliphatic rings. The van der Waals surface area contributed by atoms with Crippen LogP contribution in [0, 0.1) is 0 Å². The zero-order valence-corrected chi connectivity index (χ0v) is 13.4. The van der Waals surface area contributed by atoms with Gasteiger partial charge in [-0.25, -0.2) is 0 Å². The van der Waals surface area contributed by atoms with Crippen LogP contribution in [0.4, 0.5) is 0 Å². The molecular formula is C15H23N3O2S. The second-order valence-corrected chi connectivity index (χ2v) is 6.98. The predicted octanol–water partition coefficient (Wildman–Crippen LogP) is 2.71. The maximum atomic E-state index is 12.4. The van der Waals surface area contributed by atoms with Gasteiger partial charge in [0.15, 0.2) is 0 Å². The van der Waals surface area contributed by atoms with Crippen molar-refractivity contribution >= 4 is 17.4 Å². The van der Waals surface area contributed by atoms with Crippen molar-refractivity contribution in [2.24, 2.45) is 0 Å². The Kier molecular flexibility index (Phi) is 4.54. The molecule has 1 aliphatic heterocycles. The van der Waals surface area contributed by atoms with Gasteiger partial charge in [-0.2, -0.15) is 0 Å². The average Bonchev–Trinajstić information content (AvgIpc) is 3.08. The van der Waals surface area contributed by atoms with Crippen molar-refractivity contribution in [3.05, 3.63) is 10.6 Å². The van der Waals surface area contributed by atoms with E-state index >= 15 is 0 Å². The molecule has 0 unspecified atom stereocenters. The highest BCUT2D eigenvalue weighted by atomic mass is 32.1. The van der Waals surface area contributed by atoms with Gasteiger partial charge in [-0.3, -0.25) is 4.79 Å². The zero-order valence-electron chi connectivity index (χ0n) is 12.6. The molecular weight excluding hydrogens is 286 g/mol. The van der Waals surface area contributed by atoms with E-state index in [1.807, 2.05) is 0 Å². The highest BCUT2D eigenvalue weighted by Gasteiger charge is 2.41. The summed E-state index contributed by atoms with van der Waals surface area (Å²) in [4.78, 5) is 13.1. The van der Waals surface area contributed by atoms with Crippen LogP contribution in [0.15, 0.2) is 0 Å². The van der Waals surface area contributed by atoms with E-state index in [4.69, 9.17) is 4.74 Å². The van der Waals surface area contributed by atoms with Crippen molar-refractivity contribution < 1.29 is 9.53 Å². The van der Waals surface area contributed by atoms with Gasteiger partial charge >= 0.3 is 0 Å². The van der Waals surface area contributed by atoms with Crippen LogP contribution in [0.5, 0.6) is 0 Å². The Balaban J connectivity index is 1.59. The molecule has 5 nitrogen and oxygen atoms in total. The fourth-order valence-corrected chi connectivity index (χ4v) is 4.13. The Morgan fingerprint density at radius 2 is 2.24 bits per heavy atom. The first kappa shape index (κ1) is 14.9. The van der Waals surface area contributed by atoms with Crippen molar-refractivity contribution in [3.63, 3.8) is 0 Å². The lowest BCUT2D eigenvalue weighted by Gasteiger charge is -2.32. The van der Waals surface area contributed by atoms with Crippen molar-refractivity contribution in [1.29, 1.82) is 0 Å². The van der Waals surface area contributed by atoms with Crippen LogP contribution in [0.25, 0.3) is 0 Å². The van der Waals surface area contributed by atoms with E-state index in [1.54, 1.807) is 0 Å². The summed E-state index contributed by atoms with van der Waals surface area (Å²) >= 11 is 1.19. The molecule has 1 N–H and O–H groups in total. The number of aromatic nitrogens is 2. The fourth-order valence-electron chi connectivity index (χ4n) is 3.51. The highest BCUT2D eigenvalue weighted by molar-refractivity contribution is 7.08. The average molecular weight is 309 g/mol. The summed E-state index contributed by atoms with van der Waals surface area (Å²) in [6.45, 7) is 2.72. The van der Waals surface area contributed by atoms with E-state index in [0.717, 1.165) is 37.8 Å². The third-order valence-electron chi connectivity index (χ3n) is 4.56. The number of carbonyl (C=O) groups is 1. The molecule has 3 rings (SSSR count). The maximum Gasteiger partial charge on any atom is 0.265 e. The summed E-state index contributed by atoms with van der Waals surface area (Å²) in [6, 6.07) is 0.132. The Bertz CT molecular complexity index is 497. The SMILES string of the molecule is CCCc1nnsc1C(=O)N[C@@H]1COC2(CCCCC2)C1. The minimum Gasteiger partial charge on any atom is -0.373 e. The summed E-state index contributed by atoms with van der Waals surface area (Å²) in [5.74, 6) is -0.0325. The number of nitrogens with zero attached hydrogens (tertiary/aromatic N) is 2. The first-order chi connectivity index (χ1) is 10.2. The molecule has 0 radical (unpaired) electrons. The molecule has 1 saturated carbocycles. The van der Waals surface area contributed by atoms with Gasteiger partial charge in [-0.05, 0) is 37.2 Å². The van der Waals surface area contributed by atoms with Crippen LogP contribution in [-0.2, 0) is 11.2 Å². The van der Waals surface area contributed by atoms with Gasteiger partial charge in [-0.1, -0.05) is 37.1 Å². The first-order valence-corrected chi connectivity index (χ1v) is 8.76. The lowest BCUT2D eigenvalue weighted by Crippen LogP contribution is -2.37. The second kappa shape index (κ2) is 6.40. The molecule has 1 aromatic rings. The molecule has 0 bridgehead atoms. The normalized spacial score (nSPS) is 24.3. The Labute approximate surface area is 129 Å². The topological polar surface area (TPSA) is 64.1 Å². The molecule has 2 fully saturated rings. The molecule has 1 aromatic heterocycles. The number of ether oxygens (including phenoxy) is 1. The van der Waals surface area contributed by atoms with Gasteiger partial charge in [0.25, 0.3) is 5.91 Å². The fraction of sp³-hybridized carbons (Fsp3) is 0.800. The smallest absolute Gasteiger partial charge is 0.265 e. The number of amides is 1. The van der Waals surface area contributed by atoms with E-state index in [0.29, 0.717) is 11.5 Å². The molecule has 1 atom stereocenters. The summed E-state index contributed by atoms with van der Waals surface area (Å²) < 4.78 is 9.97. The van der Waals surface area contributed by atoms with Crippen molar-refractivity contribution in [3.8, 4) is 0 Å².